The van der Waals surface area contributed by atoms with Gasteiger partial charge in [0, 0.05) is 25.1 Å². The van der Waals surface area contributed by atoms with Crippen LogP contribution < -0.4 is 26.7 Å². The smallest absolute Gasteiger partial charge is 0.408 e. The van der Waals surface area contributed by atoms with Gasteiger partial charge in [-0.2, -0.15) is 0 Å². The number of alkyl carbamates (subject to hydrolysis) is 1. The summed E-state index contributed by atoms with van der Waals surface area (Å²) in [6, 6.07) is 13.3. The van der Waals surface area contributed by atoms with E-state index in [4.69, 9.17) is 14.2 Å². The van der Waals surface area contributed by atoms with Gasteiger partial charge in [-0.15, -0.1) is 0 Å². The maximum absolute atomic E-state index is 13.9. The lowest BCUT2D eigenvalue weighted by Gasteiger charge is -2.29. The van der Waals surface area contributed by atoms with Gasteiger partial charge in [0.25, 0.3) is 11.8 Å². The molecule has 0 bridgehead atoms. The first-order chi connectivity index (χ1) is 28.9. The van der Waals surface area contributed by atoms with Gasteiger partial charge in [-0.25, -0.2) is 9.80 Å². The number of amides is 6. The zero-order valence-electron chi connectivity index (χ0n) is 36.9. The van der Waals surface area contributed by atoms with Gasteiger partial charge in [-0.1, -0.05) is 74.5 Å². The molecular formula is C44H62N6O12. The zero-order valence-corrected chi connectivity index (χ0v) is 36.9. The number of esters is 2. The lowest BCUT2D eigenvalue weighted by atomic mass is 10.0. The van der Waals surface area contributed by atoms with E-state index in [1.165, 1.54) is 6.92 Å². The van der Waals surface area contributed by atoms with E-state index in [0.717, 1.165) is 17.7 Å². The number of ether oxygens (including phenoxy) is 3. The van der Waals surface area contributed by atoms with Gasteiger partial charge >= 0.3 is 18.0 Å². The third-order valence-electron chi connectivity index (χ3n) is 8.19. The van der Waals surface area contributed by atoms with Gasteiger partial charge in [-0.05, 0) is 78.4 Å². The van der Waals surface area contributed by atoms with Crippen molar-refractivity contribution in [3.8, 4) is 0 Å². The first-order valence-electron chi connectivity index (χ1n) is 20.2. The number of nitrogens with zero attached hydrogens (tertiary/aromatic N) is 1. The molecule has 0 aliphatic rings. The van der Waals surface area contributed by atoms with E-state index in [1.807, 2.05) is 19.9 Å². The second-order valence-corrected chi connectivity index (χ2v) is 16.8. The molecule has 18 heteroatoms. The fraction of sp³-hybridized carbons (Fsp3) is 0.500. The van der Waals surface area contributed by atoms with Gasteiger partial charge < -0.3 is 40.6 Å². The second-order valence-electron chi connectivity index (χ2n) is 16.8. The van der Waals surface area contributed by atoms with Gasteiger partial charge in [0.15, 0.2) is 0 Å². The summed E-state index contributed by atoms with van der Waals surface area (Å²) in [5.41, 5.74) is 1.85. The summed E-state index contributed by atoms with van der Waals surface area (Å²) in [7, 11) is 0. The Morgan fingerprint density at radius 1 is 0.694 bits per heavy atom. The van der Waals surface area contributed by atoms with E-state index in [9.17, 15) is 43.5 Å². The molecule has 2 rings (SSSR count). The van der Waals surface area contributed by atoms with Crippen LogP contribution in [-0.4, -0.2) is 99.7 Å². The molecule has 0 unspecified atom stereocenters. The molecule has 0 saturated carbocycles. The number of benzene rings is 2. The molecule has 62 heavy (non-hydrogen) atoms. The normalized spacial score (nSPS) is 13.4. The number of rotatable bonds is 20. The highest BCUT2D eigenvalue weighted by Gasteiger charge is 2.34. The van der Waals surface area contributed by atoms with Crippen LogP contribution in [-0.2, 0) is 60.9 Å². The predicted octanol–water partition coefficient (Wildman–Crippen LogP) is 2.87. The van der Waals surface area contributed by atoms with Crippen molar-refractivity contribution in [2.75, 3.05) is 6.54 Å². The van der Waals surface area contributed by atoms with Crippen LogP contribution in [0.4, 0.5) is 4.79 Å². The van der Waals surface area contributed by atoms with Crippen molar-refractivity contribution < 1.29 is 57.7 Å². The van der Waals surface area contributed by atoms with E-state index < -0.39 is 89.5 Å². The molecule has 0 heterocycles. The van der Waals surface area contributed by atoms with Crippen LogP contribution >= 0.6 is 0 Å². The molecule has 0 aliphatic carbocycles. The van der Waals surface area contributed by atoms with Crippen molar-refractivity contribution in [1.82, 2.24) is 31.7 Å². The van der Waals surface area contributed by atoms with Crippen LogP contribution in [0.3, 0.4) is 0 Å². The van der Waals surface area contributed by atoms with Gasteiger partial charge in [0.1, 0.15) is 42.5 Å². The molecule has 0 aromatic heterocycles. The number of carbonyl (C=O) groups is 8. The average Bonchev–Trinajstić information content (AvgIpc) is 3.17. The highest BCUT2D eigenvalue weighted by atomic mass is 16.6. The van der Waals surface area contributed by atoms with Crippen molar-refractivity contribution in [2.45, 2.75) is 130 Å². The minimum atomic E-state index is -1.81. The van der Waals surface area contributed by atoms with Crippen LogP contribution in [0.15, 0.2) is 72.8 Å². The van der Waals surface area contributed by atoms with E-state index in [2.05, 4.69) is 26.7 Å². The molecule has 2 aromatic carbocycles. The van der Waals surface area contributed by atoms with Crippen LogP contribution in [0.25, 0.3) is 0 Å². The Bertz CT molecular complexity index is 1860. The zero-order chi connectivity index (χ0) is 46.6. The number of aliphatic hydroxyl groups is 1. The quantitative estimate of drug-likeness (QED) is 0.0487. The fourth-order valence-electron chi connectivity index (χ4n) is 5.42. The average molecular weight is 867 g/mol. The van der Waals surface area contributed by atoms with E-state index >= 15 is 0 Å². The lowest BCUT2D eigenvalue weighted by Crippen LogP contribution is -2.61. The summed E-state index contributed by atoms with van der Waals surface area (Å²) < 4.78 is 16.0. The third kappa shape index (κ3) is 21.3. The third-order valence-corrected chi connectivity index (χ3v) is 8.19. The summed E-state index contributed by atoms with van der Waals surface area (Å²) in [4.78, 5) is 106. The molecule has 0 saturated heterocycles. The molecule has 340 valence electrons. The fourth-order valence-corrected chi connectivity index (χ4v) is 5.42. The summed E-state index contributed by atoms with van der Waals surface area (Å²) in [6.45, 7) is 13.7. The summed E-state index contributed by atoms with van der Waals surface area (Å²) >= 11 is 0. The number of hydrogen-bond acceptors (Lipinski definition) is 12. The molecule has 0 fully saturated rings. The second kappa shape index (κ2) is 24.8. The molecular weight excluding hydrogens is 805 g/mol. The Kier molecular flexibility index (Phi) is 20.8. The summed E-state index contributed by atoms with van der Waals surface area (Å²) in [5.74, 6) is -6.48. The van der Waals surface area contributed by atoms with Crippen LogP contribution in [0, 0.1) is 5.92 Å². The predicted molar refractivity (Wildman–Crippen MR) is 227 cm³/mol. The SMILES string of the molecule is CC(C)C[C@H](NC(=O)OCc1ccccc1)C(=O)N[C@@H](CCC(=O)OC(C)(C)C)C(=O)N[C@H](C(=O)NN(CC(=O)OC(C)(C)C)C(=O)/C=C/C(=O)NCc1ccccc1)[C@@H](C)O. The molecule has 2 aromatic rings. The highest BCUT2D eigenvalue weighted by Crippen LogP contribution is 2.13. The Morgan fingerprint density at radius 2 is 1.24 bits per heavy atom. The van der Waals surface area contributed by atoms with Crippen molar-refractivity contribution in [3.63, 3.8) is 0 Å². The van der Waals surface area contributed by atoms with Crippen molar-refractivity contribution in [1.29, 1.82) is 0 Å². The number of nitrogens with one attached hydrogen (secondary N) is 5. The topological polar surface area (TPSA) is 248 Å². The van der Waals surface area contributed by atoms with E-state index in [0.29, 0.717) is 10.6 Å². The van der Waals surface area contributed by atoms with E-state index in [-0.39, 0.29) is 38.3 Å². The number of carbonyl (C=O) groups excluding carboxylic acids is 8. The Morgan fingerprint density at radius 3 is 1.79 bits per heavy atom. The van der Waals surface area contributed by atoms with Crippen LogP contribution in [0.2, 0.25) is 0 Å². The van der Waals surface area contributed by atoms with Gasteiger partial charge in [-0.3, -0.25) is 39.0 Å². The van der Waals surface area contributed by atoms with Crippen molar-refractivity contribution in [2.24, 2.45) is 5.92 Å². The van der Waals surface area contributed by atoms with Gasteiger partial charge in [0.05, 0.1) is 6.10 Å². The number of hydrazine groups is 1. The maximum atomic E-state index is 13.9. The van der Waals surface area contributed by atoms with E-state index in [1.54, 1.807) is 96.1 Å². The molecule has 18 nitrogen and oxygen atoms in total. The number of hydrogen-bond donors (Lipinski definition) is 6. The number of aliphatic hydroxyl groups excluding tert-OH is 1. The van der Waals surface area contributed by atoms with Gasteiger partial charge in [0.2, 0.25) is 17.7 Å². The molecule has 6 amide bonds. The molecule has 4 atom stereocenters. The minimum absolute atomic E-state index is 0.0758. The lowest BCUT2D eigenvalue weighted by molar-refractivity contribution is -0.161. The molecule has 6 N–H and O–H groups in total. The summed E-state index contributed by atoms with van der Waals surface area (Å²) in [5, 5.41) is 21.3. The van der Waals surface area contributed by atoms with Crippen molar-refractivity contribution in [3.05, 3.63) is 83.9 Å². The van der Waals surface area contributed by atoms with Crippen molar-refractivity contribution >= 4 is 47.6 Å². The monoisotopic (exact) mass is 866 g/mol. The first kappa shape index (κ1) is 51.8. The minimum Gasteiger partial charge on any atom is -0.460 e. The molecule has 0 spiro atoms. The maximum Gasteiger partial charge on any atom is 0.408 e. The summed E-state index contributed by atoms with van der Waals surface area (Å²) in [6.07, 6.45) is -1.41. The largest absolute Gasteiger partial charge is 0.460 e. The standard InChI is InChI=1S/C44H62N6O12/c1-28(2)24-33(47-42(59)60-27-31-18-14-11-15-19-31)40(57)46-32(20-23-36(54)61-43(4,5)6)39(56)48-38(29(3)51)41(58)49-50(26-37(55)62-44(7,8)9)35(53)22-21-34(52)45-25-30-16-12-10-13-17-30/h10-19,21-22,28-29,32-33,38,51H,20,23-27H2,1-9H3,(H,45,52)(H,46,57)(H,47,59)(H,48,56)(H,49,58)/b22-21+/t29-,32+,33+,38+/m1/s1. The van der Waals surface area contributed by atoms with Crippen LogP contribution in [0.1, 0.15) is 92.7 Å². The Balaban J connectivity index is 2.33. The Labute approximate surface area is 362 Å². The van der Waals surface area contributed by atoms with Crippen LogP contribution in [0.5, 0.6) is 0 Å². The molecule has 0 aliphatic heterocycles. The first-order valence-corrected chi connectivity index (χ1v) is 20.2. The highest BCUT2D eigenvalue weighted by molar-refractivity contribution is 5.99. The Hall–Kier alpha value is -6.30. The molecule has 0 radical (unpaired) electrons.